The Morgan fingerprint density at radius 3 is 2.78 bits per heavy atom. The second kappa shape index (κ2) is 6.95. The molecule has 7 nitrogen and oxygen atoms in total. The number of nitrogens with one attached hydrogen (secondary N) is 1. The van der Waals surface area contributed by atoms with Crippen LogP contribution in [0.2, 0.25) is 0 Å². The maximum absolute atomic E-state index is 14.7. The molecule has 0 fully saturated rings. The van der Waals surface area contributed by atoms with Crippen LogP contribution >= 0.6 is 0 Å². The summed E-state index contributed by atoms with van der Waals surface area (Å²) in [6.45, 7) is 3.06. The van der Waals surface area contributed by atoms with E-state index in [0.29, 0.717) is 47.3 Å². The topological polar surface area (TPSA) is 84.5 Å². The summed E-state index contributed by atoms with van der Waals surface area (Å²) >= 11 is 0. The van der Waals surface area contributed by atoms with Crippen molar-refractivity contribution in [1.29, 1.82) is 5.26 Å². The van der Waals surface area contributed by atoms with Gasteiger partial charge in [-0.05, 0) is 48.4 Å². The van der Waals surface area contributed by atoms with Crippen LogP contribution in [0.5, 0.6) is 11.5 Å². The first-order chi connectivity index (χ1) is 15.6. The number of aromatic nitrogens is 3. The summed E-state index contributed by atoms with van der Waals surface area (Å²) in [7, 11) is 0. The summed E-state index contributed by atoms with van der Waals surface area (Å²) in [6.07, 6.45) is 1.62. The van der Waals surface area contributed by atoms with Crippen molar-refractivity contribution in [2.24, 2.45) is 0 Å². The zero-order valence-electron chi connectivity index (χ0n) is 17.2. The van der Waals surface area contributed by atoms with E-state index in [-0.39, 0.29) is 18.3 Å². The van der Waals surface area contributed by atoms with Crippen molar-refractivity contribution < 1.29 is 13.9 Å². The molecule has 2 aliphatic heterocycles. The average Bonchev–Trinajstić information content (AvgIpc) is 3.45. The van der Waals surface area contributed by atoms with Crippen molar-refractivity contribution in [3.63, 3.8) is 0 Å². The zero-order valence-corrected chi connectivity index (χ0v) is 17.2. The van der Waals surface area contributed by atoms with Crippen LogP contribution in [0.25, 0.3) is 16.8 Å². The Kier molecular flexibility index (Phi) is 4.05. The number of halogens is 1. The minimum Gasteiger partial charge on any atom is -0.493 e. The predicted molar refractivity (Wildman–Crippen MR) is 115 cm³/mol. The Balaban J connectivity index is 1.52. The highest BCUT2D eigenvalue weighted by Crippen LogP contribution is 2.42. The molecule has 4 heterocycles. The summed E-state index contributed by atoms with van der Waals surface area (Å²) in [5.41, 5.74) is 5.44. The molecular weight excluding hydrogens is 409 g/mol. The molecule has 32 heavy (non-hydrogen) atoms. The highest BCUT2D eigenvalue weighted by Gasteiger charge is 2.31. The second-order valence-corrected chi connectivity index (χ2v) is 8.05. The lowest BCUT2D eigenvalue weighted by Gasteiger charge is -2.17. The maximum atomic E-state index is 14.7. The third kappa shape index (κ3) is 2.71. The summed E-state index contributed by atoms with van der Waals surface area (Å²) < 4.78 is 28.6. The van der Waals surface area contributed by atoms with E-state index in [0.717, 1.165) is 22.3 Å². The Bertz CT molecular complexity index is 1440. The molecule has 2 aromatic heterocycles. The highest BCUT2D eigenvalue weighted by molar-refractivity contribution is 5.83. The fourth-order valence-electron chi connectivity index (χ4n) is 4.62. The van der Waals surface area contributed by atoms with Crippen LogP contribution in [0.15, 0.2) is 42.7 Å². The number of anilines is 1. The number of benzene rings is 2. The van der Waals surface area contributed by atoms with Gasteiger partial charge in [0.2, 0.25) is 0 Å². The number of nitrogens with zero attached hydrogens (tertiary/aromatic N) is 4. The Hall–Kier alpha value is -4.12. The third-order valence-electron chi connectivity index (χ3n) is 6.16. The minimum absolute atomic E-state index is 0.0554. The van der Waals surface area contributed by atoms with Gasteiger partial charge in [-0.15, -0.1) is 10.2 Å². The molecule has 2 aliphatic rings. The van der Waals surface area contributed by atoms with E-state index in [2.05, 4.69) is 21.6 Å². The quantitative estimate of drug-likeness (QED) is 0.490. The minimum atomic E-state index is -0.264. The van der Waals surface area contributed by atoms with E-state index in [1.165, 1.54) is 6.07 Å². The van der Waals surface area contributed by atoms with Gasteiger partial charge >= 0.3 is 0 Å². The number of nitriles is 1. The van der Waals surface area contributed by atoms with Crippen LogP contribution in [0.1, 0.15) is 28.2 Å². The molecule has 2 aromatic carbocycles. The third-order valence-corrected chi connectivity index (χ3v) is 6.16. The van der Waals surface area contributed by atoms with E-state index in [1.807, 2.05) is 29.5 Å². The van der Waals surface area contributed by atoms with Crippen LogP contribution in [0, 0.1) is 24.1 Å². The molecule has 0 radical (unpaired) electrons. The SMILES string of the molecule is Cc1cc(C#N)ccc1-c1cc2c(n3cnnc13)NCc1c(F)ccc3c1[C@H](CO3)CO2. The first kappa shape index (κ1) is 18.6. The van der Waals surface area contributed by atoms with Gasteiger partial charge in [-0.1, -0.05) is 6.07 Å². The van der Waals surface area contributed by atoms with E-state index in [1.54, 1.807) is 18.5 Å². The molecule has 1 atom stereocenters. The predicted octanol–water partition coefficient (Wildman–Crippen LogP) is 4.20. The van der Waals surface area contributed by atoms with Crippen molar-refractivity contribution in [2.75, 3.05) is 18.5 Å². The van der Waals surface area contributed by atoms with Crippen molar-refractivity contribution >= 4 is 11.5 Å². The van der Waals surface area contributed by atoms with Gasteiger partial charge in [0.15, 0.2) is 17.2 Å². The molecule has 6 rings (SSSR count). The number of hydrogen-bond acceptors (Lipinski definition) is 6. The maximum Gasteiger partial charge on any atom is 0.170 e. The molecular formula is C24H18FN5O2. The zero-order chi connectivity index (χ0) is 21.8. The standard InChI is InChI=1S/C24H18FN5O2/c1-13-6-14(8-26)2-3-16(13)17-7-21-24(30-12-28-29-23(17)30)27-9-18-19(25)4-5-20-22(18)15(10-31-20)11-32-21/h2-7,12,15,27H,9-11H2,1H3/t15-/m1/s1. The number of pyridine rings is 1. The lowest BCUT2D eigenvalue weighted by atomic mass is 9.96. The number of ether oxygens (including phenoxy) is 2. The van der Waals surface area contributed by atoms with E-state index >= 15 is 0 Å². The van der Waals surface area contributed by atoms with Crippen molar-refractivity contribution in [3.05, 3.63) is 70.8 Å². The lowest BCUT2D eigenvalue weighted by molar-refractivity contribution is 0.249. The number of rotatable bonds is 1. The number of fused-ring (bicyclic) bond motifs is 3. The van der Waals surface area contributed by atoms with Crippen LogP contribution in [0.4, 0.5) is 10.2 Å². The summed E-state index contributed by atoms with van der Waals surface area (Å²) in [5, 5.41) is 21.0. The summed E-state index contributed by atoms with van der Waals surface area (Å²) in [5.74, 6) is 1.68. The van der Waals surface area contributed by atoms with Crippen LogP contribution in [-0.2, 0) is 6.54 Å². The van der Waals surface area contributed by atoms with Crippen LogP contribution in [0.3, 0.4) is 0 Å². The first-order valence-corrected chi connectivity index (χ1v) is 10.3. The number of aryl methyl sites for hydroxylation is 1. The van der Waals surface area contributed by atoms with Crippen molar-refractivity contribution in [1.82, 2.24) is 14.6 Å². The van der Waals surface area contributed by atoms with Gasteiger partial charge in [-0.3, -0.25) is 4.40 Å². The molecule has 4 aromatic rings. The second-order valence-electron chi connectivity index (χ2n) is 8.05. The van der Waals surface area contributed by atoms with E-state index in [4.69, 9.17) is 9.47 Å². The van der Waals surface area contributed by atoms with Gasteiger partial charge in [0.05, 0.1) is 30.8 Å². The van der Waals surface area contributed by atoms with Crippen molar-refractivity contribution in [2.45, 2.75) is 19.4 Å². The molecule has 0 aliphatic carbocycles. The number of hydrogen-bond donors (Lipinski definition) is 1. The molecule has 0 saturated heterocycles. The monoisotopic (exact) mass is 427 g/mol. The van der Waals surface area contributed by atoms with Crippen molar-refractivity contribution in [3.8, 4) is 28.7 Å². The molecule has 0 spiro atoms. The molecule has 0 saturated carbocycles. The fraction of sp³-hybridized carbons (Fsp3) is 0.208. The molecule has 158 valence electrons. The molecule has 8 heteroatoms. The highest BCUT2D eigenvalue weighted by atomic mass is 19.1. The van der Waals surface area contributed by atoms with E-state index in [9.17, 15) is 9.65 Å². The molecule has 0 bridgehead atoms. The van der Waals surface area contributed by atoms with Gasteiger partial charge in [-0.25, -0.2) is 4.39 Å². The largest absolute Gasteiger partial charge is 0.493 e. The van der Waals surface area contributed by atoms with Gasteiger partial charge in [0.1, 0.15) is 17.9 Å². The smallest absolute Gasteiger partial charge is 0.170 e. The first-order valence-electron chi connectivity index (χ1n) is 10.3. The normalized spacial score (nSPS) is 16.5. The summed E-state index contributed by atoms with van der Waals surface area (Å²) in [6, 6.07) is 12.8. The Labute approximate surface area is 183 Å². The average molecular weight is 427 g/mol. The molecule has 0 unspecified atom stereocenters. The van der Waals surface area contributed by atoms with Crippen LogP contribution in [-0.4, -0.2) is 27.8 Å². The fourth-order valence-corrected chi connectivity index (χ4v) is 4.62. The van der Waals surface area contributed by atoms with Gasteiger partial charge < -0.3 is 14.8 Å². The molecule has 1 N–H and O–H groups in total. The van der Waals surface area contributed by atoms with E-state index < -0.39 is 0 Å². The van der Waals surface area contributed by atoms with Gasteiger partial charge in [-0.2, -0.15) is 5.26 Å². The van der Waals surface area contributed by atoms with Gasteiger partial charge in [0, 0.05) is 23.2 Å². The summed E-state index contributed by atoms with van der Waals surface area (Å²) in [4.78, 5) is 0. The van der Waals surface area contributed by atoms with Gasteiger partial charge in [0.25, 0.3) is 0 Å². The van der Waals surface area contributed by atoms with Crippen LogP contribution < -0.4 is 14.8 Å². The Morgan fingerprint density at radius 2 is 1.97 bits per heavy atom. The Morgan fingerprint density at radius 1 is 1.12 bits per heavy atom. The molecule has 0 amide bonds. The lowest BCUT2D eigenvalue weighted by Crippen LogP contribution is -2.13.